The molecule has 9 rings (SSSR count). The molecule has 0 N–H and O–H groups in total. The molecule has 0 unspecified atom stereocenters. The first kappa shape index (κ1) is 24.7. The third-order valence-corrected chi connectivity index (χ3v) is 8.93. The van der Waals surface area contributed by atoms with Gasteiger partial charge in [-0.3, -0.25) is 0 Å². The number of hydrogen-bond acceptors (Lipinski definition) is 0. The lowest BCUT2D eigenvalue weighted by Gasteiger charge is -2.14. The lowest BCUT2D eigenvalue weighted by molar-refractivity contribution is 1.17. The van der Waals surface area contributed by atoms with E-state index in [2.05, 4.69) is 179 Å². The summed E-state index contributed by atoms with van der Waals surface area (Å²) in [5.74, 6) is 0. The largest absolute Gasteiger partial charge is 0.309 e. The summed E-state index contributed by atoms with van der Waals surface area (Å²) in [5.41, 5.74) is 12.1. The summed E-state index contributed by atoms with van der Waals surface area (Å²) >= 11 is 0. The van der Waals surface area contributed by atoms with Crippen molar-refractivity contribution in [3.05, 3.63) is 170 Å². The number of nitrogens with zero attached hydrogens (tertiary/aromatic N) is 2. The molecule has 0 aliphatic carbocycles. The normalized spacial score (nSPS) is 11.6. The number of benzene rings is 7. The molecule has 0 atom stereocenters. The Morgan fingerprint density at radius 2 is 0.773 bits per heavy atom. The number of fused-ring (bicyclic) bond motifs is 6. The van der Waals surface area contributed by atoms with Crippen molar-refractivity contribution < 1.29 is 0 Å². The second-order valence-corrected chi connectivity index (χ2v) is 11.4. The average Bonchev–Trinajstić information content (AvgIpc) is 3.60. The predicted octanol–water partition coefficient (Wildman–Crippen LogP) is 11.2. The maximum absolute atomic E-state index is 2.46. The second kappa shape index (κ2) is 9.86. The van der Waals surface area contributed by atoms with Gasteiger partial charge >= 0.3 is 0 Å². The Balaban J connectivity index is 1.32. The van der Waals surface area contributed by atoms with E-state index < -0.39 is 0 Å². The molecule has 7 aromatic carbocycles. The minimum atomic E-state index is 1.17. The Bertz CT molecular complexity index is 2460. The van der Waals surface area contributed by atoms with Gasteiger partial charge in [-0.25, -0.2) is 0 Å². The Morgan fingerprint density at radius 1 is 0.295 bits per heavy atom. The van der Waals surface area contributed by atoms with Gasteiger partial charge in [0.1, 0.15) is 0 Å². The van der Waals surface area contributed by atoms with Crippen LogP contribution in [0.5, 0.6) is 0 Å². The van der Waals surface area contributed by atoms with Crippen molar-refractivity contribution in [2.45, 2.75) is 0 Å². The fourth-order valence-electron chi connectivity index (χ4n) is 6.93. The molecular weight excluding hydrogens is 532 g/mol. The molecule has 0 aliphatic heterocycles. The fourth-order valence-corrected chi connectivity index (χ4v) is 6.93. The zero-order chi connectivity index (χ0) is 29.0. The van der Waals surface area contributed by atoms with E-state index >= 15 is 0 Å². The van der Waals surface area contributed by atoms with Gasteiger partial charge in [-0.15, -0.1) is 0 Å². The van der Waals surface area contributed by atoms with E-state index in [0.29, 0.717) is 0 Å². The molecule has 9 aromatic rings. The van der Waals surface area contributed by atoms with Gasteiger partial charge in [-0.1, -0.05) is 127 Å². The topological polar surface area (TPSA) is 9.86 Å². The number of para-hydroxylation sites is 4. The van der Waals surface area contributed by atoms with Crippen LogP contribution in [0.2, 0.25) is 0 Å². The van der Waals surface area contributed by atoms with E-state index in [1.807, 2.05) is 0 Å². The molecule has 0 amide bonds. The monoisotopic (exact) mass is 560 g/mol. The van der Waals surface area contributed by atoms with Crippen molar-refractivity contribution in [1.82, 2.24) is 9.13 Å². The Labute approximate surface area is 255 Å². The molecule has 0 radical (unpaired) electrons. The zero-order valence-corrected chi connectivity index (χ0v) is 24.1. The van der Waals surface area contributed by atoms with Crippen molar-refractivity contribution >= 4 is 43.6 Å². The zero-order valence-electron chi connectivity index (χ0n) is 24.1. The van der Waals surface area contributed by atoms with E-state index in [-0.39, 0.29) is 0 Å². The molecule has 2 heteroatoms. The van der Waals surface area contributed by atoms with Crippen molar-refractivity contribution in [2.75, 3.05) is 0 Å². The summed E-state index contributed by atoms with van der Waals surface area (Å²) in [4.78, 5) is 0. The van der Waals surface area contributed by atoms with Crippen LogP contribution in [0.4, 0.5) is 0 Å². The Kier molecular flexibility index (Phi) is 5.54. The smallest absolute Gasteiger partial charge is 0.0549 e. The predicted molar refractivity (Wildman–Crippen MR) is 186 cm³/mol. The summed E-state index contributed by atoms with van der Waals surface area (Å²) in [6.07, 6.45) is 0. The fraction of sp³-hybridized carbons (Fsp3) is 0. The third kappa shape index (κ3) is 3.75. The SMILES string of the molecule is c1ccc(-c2ccc(-c3ccccc3-n3c4ccccc4c4cc5c(cc43)c3ccccc3n5-c3ccccc3)cc2)cc1. The van der Waals surface area contributed by atoms with Crippen LogP contribution in [0.3, 0.4) is 0 Å². The van der Waals surface area contributed by atoms with E-state index in [4.69, 9.17) is 0 Å². The van der Waals surface area contributed by atoms with Gasteiger partial charge in [0.25, 0.3) is 0 Å². The molecule has 0 saturated heterocycles. The van der Waals surface area contributed by atoms with Crippen LogP contribution in [0.15, 0.2) is 170 Å². The van der Waals surface area contributed by atoms with Gasteiger partial charge in [0.05, 0.1) is 27.8 Å². The van der Waals surface area contributed by atoms with Crippen LogP contribution in [0, 0.1) is 0 Å². The number of aromatic nitrogens is 2. The molecule has 2 heterocycles. The molecule has 0 spiro atoms. The van der Waals surface area contributed by atoms with Gasteiger partial charge in [0.2, 0.25) is 0 Å². The van der Waals surface area contributed by atoms with E-state index in [1.165, 1.54) is 77.2 Å². The molecule has 44 heavy (non-hydrogen) atoms. The van der Waals surface area contributed by atoms with Crippen LogP contribution >= 0.6 is 0 Å². The number of rotatable bonds is 4. The summed E-state index contributed by atoms with van der Waals surface area (Å²) in [6, 6.07) is 61.4. The van der Waals surface area contributed by atoms with Crippen LogP contribution < -0.4 is 0 Å². The third-order valence-electron chi connectivity index (χ3n) is 8.93. The quantitative estimate of drug-likeness (QED) is 0.203. The minimum Gasteiger partial charge on any atom is -0.309 e. The molecule has 0 saturated carbocycles. The van der Waals surface area contributed by atoms with Gasteiger partial charge in [-0.05, 0) is 59.2 Å². The van der Waals surface area contributed by atoms with Crippen molar-refractivity contribution in [1.29, 1.82) is 0 Å². The first-order valence-corrected chi connectivity index (χ1v) is 15.1. The minimum absolute atomic E-state index is 1.17. The molecule has 0 bridgehead atoms. The molecule has 2 aromatic heterocycles. The van der Waals surface area contributed by atoms with Crippen LogP contribution in [-0.2, 0) is 0 Å². The van der Waals surface area contributed by atoms with Crippen LogP contribution in [0.1, 0.15) is 0 Å². The maximum atomic E-state index is 2.46. The molecule has 0 aliphatic rings. The molecule has 2 nitrogen and oxygen atoms in total. The van der Waals surface area contributed by atoms with Gasteiger partial charge < -0.3 is 9.13 Å². The highest BCUT2D eigenvalue weighted by Gasteiger charge is 2.19. The molecule has 0 fully saturated rings. The van der Waals surface area contributed by atoms with E-state index in [0.717, 1.165) is 0 Å². The standard InChI is InChI=1S/C42H28N2/c1-3-13-29(14-4-1)30-23-25-31(26-24-30)33-17-7-10-20-38(33)44-40-22-12-9-19-35(40)37-27-41-36(28-42(37)44)34-18-8-11-21-39(34)43(41)32-15-5-2-6-16-32/h1-28H. The number of hydrogen-bond donors (Lipinski definition) is 0. The molecule has 206 valence electrons. The summed E-state index contributed by atoms with van der Waals surface area (Å²) < 4.78 is 4.86. The highest BCUT2D eigenvalue weighted by molar-refractivity contribution is 6.19. The summed E-state index contributed by atoms with van der Waals surface area (Å²) in [7, 11) is 0. The van der Waals surface area contributed by atoms with Crippen molar-refractivity contribution in [2.24, 2.45) is 0 Å². The van der Waals surface area contributed by atoms with Gasteiger partial charge in [-0.2, -0.15) is 0 Å². The van der Waals surface area contributed by atoms with Crippen LogP contribution in [-0.4, -0.2) is 9.13 Å². The first-order chi connectivity index (χ1) is 21.8. The summed E-state index contributed by atoms with van der Waals surface area (Å²) in [5, 5.41) is 5.02. The second-order valence-electron chi connectivity index (χ2n) is 11.4. The van der Waals surface area contributed by atoms with Gasteiger partial charge in [0.15, 0.2) is 0 Å². The van der Waals surface area contributed by atoms with Gasteiger partial charge in [0, 0.05) is 32.8 Å². The lowest BCUT2D eigenvalue weighted by Crippen LogP contribution is -1.97. The van der Waals surface area contributed by atoms with E-state index in [9.17, 15) is 0 Å². The van der Waals surface area contributed by atoms with Crippen molar-refractivity contribution in [3.63, 3.8) is 0 Å². The highest BCUT2D eigenvalue weighted by Crippen LogP contribution is 2.41. The Hall–Kier alpha value is -5.86. The Morgan fingerprint density at radius 3 is 1.45 bits per heavy atom. The first-order valence-electron chi connectivity index (χ1n) is 15.1. The van der Waals surface area contributed by atoms with E-state index in [1.54, 1.807) is 0 Å². The molecular formula is C42H28N2. The van der Waals surface area contributed by atoms with Crippen molar-refractivity contribution in [3.8, 4) is 33.6 Å². The lowest BCUT2D eigenvalue weighted by atomic mass is 9.99. The van der Waals surface area contributed by atoms with Crippen LogP contribution in [0.25, 0.3) is 77.2 Å². The average molecular weight is 561 g/mol. The highest BCUT2D eigenvalue weighted by atomic mass is 15.0. The summed E-state index contributed by atoms with van der Waals surface area (Å²) in [6.45, 7) is 0. The maximum Gasteiger partial charge on any atom is 0.0549 e.